The normalized spacial score (nSPS) is 17.9. The van der Waals surface area contributed by atoms with Crippen molar-refractivity contribution in [2.75, 3.05) is 26.7 Å². The van der Waals surface area contributed by atoms with Gasteiger partial charge in [-0.1, -0.05) is 30.3 Å². The van der Waals surface area contributed by atoms with Crippen molar-refractivity contribution in [2.45, 2.75) is 25.3 Å². The van der Waals surface area contributed by atoms with Crippen molar-refractivity contribution >= 4 is 23.2 Å². The Morgan fingerprint density at radius 2 is 1.96 bits per heavy atom. The minimum atomic E-state index is -0.809. The number of nitrogens with zero attached hydrogens (tertiary/aromatic N) is 2. The van der Waals surface area contributed by atoms with E-state index in [4.69, 9.17) is 5.11 Å². The number of aliphatic carboxylic acids is 1. The van der Waals surface area contributed by atoms with Crippen molar-refractivity contribution < 1.29 is 14.7 Å². The van der Waals surface area contributed by atoms with Gasteiger partial charge in [-0.05, 0) is 43.3 Å². The van der Waals surface area contributed by atoms with E-state index in [0.29, 0.717) is 6.54 Å². The van der Waals surface area contributed by atoms with Gasteiger partial charge in [0.25, 0.3) is 5.91 Å². The van der Waals surface area contributed by atoms with Crippen LogP contribution in [0.3, 0.4) is 0 Å². The third kappa shape index (κ3) is 4.31. The molecule has 2 aromatic rings. The lowest BCUT2D eigenvalue weighted by molar-refractivity contribution is -0.138. The Morgan fingerprint density at radius 3 is 2.69 bits per heavy atom. The summed E-state index contributed by atoms with van der Waals surface area (Å²) < 4.78 is 0. The van der Waals surface area contributed by atoms with Crippen LogP contribution in [0.1, 0.15) is 28.9 Å². The molecule has 3 rings (SSSR count). The highest BCUT2D eigenvalue weighted by molar-refractivity contribution is 7.12. The molecule has 1 aliphatic heterocycles. The molecule has 1 N–H and O–H groups in total. The first kappa shape index (κ1) is 18.6. The van der Waals surface area contributed by atoms with Crippen LogP contribution in [-0.4, -0.2) is 59.5 Å². The third-order valence-corrected chi connectivity index (χ3v) is 5.84. The van der Waals surface area contributed by atoms with Gasteiger partial charge in [0.15, 0.2) is 0 Å². The fraction of sp³-hybridized carbons (Fsp3) is 0.400. The third-order valence-electron chi connectivity index (χ3n) is 4.94. The van der Waals surface area contributed by atoms with E-state index in [1.807, 2.05) is 58.6 Å². The van der Waals surface area contributed by atoms with Crippen LogP contribution in [0.25, 0.3) is 11.1 Å². The Balaban J connectivity index is 1.70. The SMILES string of the molecule is CN(CC(=O)O)C1CCCN(C(=O)c2sccc2-c2ccccc2)CC1. The number of benzene rings is 1. The van der Waals surface area contributed by atoms with Crippen LogP contribution in [-0.2, 0) is 4.79 Å². The zero-order chi connectivity index (χ0) is 18.5. The number of likely N-dealkylation sites (tertiary alicyclic amines) is 1. The molecule has 1 unspecified atom stereocenters. The highest BCUT2D eigenvalue weighted by atomic mass is 32.1. The molecule has 5 nitrogen and oxygen atoms in total. The van der Waals surface area contributed by atoms with Gasteiger partial charge in [0, 0.05) is 24.7 Å². The van der Waals surface area contributed by atoms with Crippen LogP contribution in [0.15, 0.2) is 41.8 Å². The van der Waals surface area contributed by atoms with Crippen molar-refractivity contribution in [2.24, 2.45) is 0 Å². The molecule has 1 fully saturated rings. The summed E-state index contributed by atoms with van der Waals surface area (Å²) in [7, 11) is 1.85. The smallest absolute Gasteiger partial charge is 0.317 e. The maximum Gasteiger partial charge on any atom is 0.317 e. The molecule has 1 atom stereocenters. The van der Waals surface area contributed by atoms with E-state index in [1.165, 1.54) is 11.3 Å². The largest absolute Gasteiger partial charge is 0.480 e. The molecule has 1 aliphatic rings. The fourth-order valence-corrected chi connectivity index (χ4v) is 4.41. The number of hydrogen-bond acceptors (Lipinski definition) is 4. The second kappa shape index (κ2) is 8.47. The summed E-state index contributed by atoms with van der Waals surface area (Å²) in [4.78, 5) is 28.6. The van der Waals surface area contributed by atoms with Gasteiger partial charge in [-0.15, -0.1) is 11.3 Å². The predicted molar refractivity (Wildman–Crippen MR) is 104 cm³/mol. The number of carbonyl (C=O) groups excluding carboxylic acids is 1. The van der Waals surface area contributed by atoms with E-state index < -0.39 is 5.97 Å². The van der Waals surface area contributed by atoms with Crippen LogP contribution >= 0.6 is 11.3 Å². The lowest BCUT2D eigenvalue weighted by Gasteiger charge is -2.25. The summed E-state index contributed by atoms with van der Waals surface area (Å²) in [5, 5.41) is 11.0. The summed E-state index contributed by atoms with van der Waals surface area (Å²) >= 11 is 1.49. The number of carboxylic acids is 1. The average molecular weight is 372 g/mol. The fourth-order valence-electron chi connectivity index (χ4n) is 3.53. The second-order valence-corrected chi connectivity index (χ2v) is 7.63. The van der Waals surface area contributed by atoms with Crippen LogP contribution < -0.4 is 0 Å². The Labute approximate surface area is 157 Å². The summed E-state index contributed by atoms with van der Waals surface area (Å²) in [6, 6.07) is 12.2. The van der Waals surface area contributed by atoms with Crippen molar-refractivity contribution in [3.8, 4) is 11.1 Å². The quantitative estimate of drug-likeness (QED) is 0.874. The Kier molecular flexibility index (Phi) is 6.06. The van der Waals surface area contributed by atoms with Crippen LogP contribution in [0.4, 0.5) is 0 Å². The number of likely N-dealkylation sites (N-methyl/N-ethyl adjacent to an activating group) is 1. The molecule has 1 saturated heterocycles. The van der Waals surface area contributed by atoms with E-state index in [9.17, 15) is 9.59 Å². The lowest BCUT2D eigenvalue weighted by Crippen LogP contribution is -2.37. The molecule has 1 aromatic heterocycles. The Hall–Kier alpha value is -2.18. The zero-order valence-electron chi connectivity index (χ0n) is 14.9. The van der Waals surface area contributed by atoms with E-state index in [1.54, 1.807) is 0 Å². The maximum absolute atomic E-state index is 13.1. The molecule has 0 bridgehead atoms. The molecule has 26 heavy (non-hydrogen) atoms. The molecule has 6 heteroatoms. The number of thiophene rings is 1. The standard InChI is InChI=1S/C20H24N2O3S/c1-21(14-18(23)24)16-8-5-11-22(12-9-16)20(25)19-17(10-13-26-19)15-6-3-2-4-7-15/h2-4,6-7,10,13,16H,5,8-9,11-12,14H2,1H3,(H,23,24). The van der Waals surface area contributed by atoms with Gasteiger partial charge in [0.1, 0.15) is 0 Å². The van der Waals surface area contributed by atoms with Crippen LogP contribution in [0.2, 0.25) is 0 Å². The van der Waals surface area contributed by atoms with Gasteiger partial charge < -0.3 is 10.0 Å². The Bertz CT molecular complexity index is 759. The summed E-state index contributed by atoms with van der Waals surface area (Å²) in [6.45, 7) is 1.43. The van der Waals surface area contributed by atoms with E-state index >= 15 is 0 Å². The summed E-state index contributed by atoms with van der Waals surface area (Å²) in [6.07, 6.45) is 2.62. The molecule has 0 radical (unpaired) electrons. The highest BCUT2D eigenvalue weighted by Gasteiger charge is 2.26. The number of rotatable bonds is 5. The number of carbonyl (C=O) groups is 2. The summed E-state index contributed by atoms with van der Waals surface area (Å²) in [5.41, 5.74) is 2.05. The molecule has 1 aromatic carbocycles. The number of hydrogen-bond donors (Lipinski definition) is 1. The van der Waals surface area contributed by atoms with Crippen molar-refractivity contribution in [1.29, 1.82) is 0 Å². The molecule has 2 heterocycles. The molecule has 0 spiro atoms. The average Bonchev–Trinajstić information content (AvgIpc) is 2.98. The number of carboxylic acid groups (broad SMARTS) is 1. The molecule has 0 saturated carbocycles. The van der Waals surface area contributed by atoms with E-state index in [0.717, 1.165) is 41.8 Å². The van der Waals surface area contributed by atoms with Crippen LogP contribution in [0, 0.1) is 0 Å². The van der Waals surface area contributed by atoms with E-state index in [2.05, 4.69) is 0 Å². The van der Waals surface area contributed by atoms with Gasteiger partial charge in [-0.3, -0.25) is 14.5 Å². The molecule has 138 valence electrons. The maximum atomic E-state index is 13.1. The van der Waals surface area contributed by atoms with Crippen molar-refractivity contribution in [1.82, 2.24) is 9.80 Å². The van der Waals surface area contributed by atoms with Crippen LogP contribution in [0.5, 0.6) is 0 Å². The van der Waals surface area contributed by atoms with Gasteiger partial charge >= 0.3 is 5.97 Å². The van der Waals surface area contributed by atoms with Gasteiger partial charge in [-0.25, -0.2) is 0 Å². The second-order valence-electron chi connectivity index (χ2n) is 6.72. The van der Waals surface area contributed by atoms with Gasteiger partial charge in [0.2, 0.25) is 0 Å². The van der Waals surface area contributed by atoms with E-state index in [-0.39, 0.29) is 18.5 Å². The molecule has 1 amide bonds. The topological polar surface area (TPSA) is 60.9 Å². The molecular formula is C20H24N2O3S. The first-order chi connectivity index (χ1) is 12.6. The lowest BCUT2D eigenvalue weighted by atomic mass is 10.1. The van der Waals surface area contributed by atoms with Crippen molar-refractivity contribution in [3.63, 3.8) is 0 Å². The first-order valence-electron chi connectivity index (χ1n) is 8.90. The minimum Gasteiger partial charge on any atom is -0.480 e. The number of amides is 1. The summed E-state index contributed by atoms with van der Waals surface area (Å²) in [5.74, 6) is -0.726. The molecular weight excluding hydrogens is 348 g/mol. The van der Waals surface area contributed by atoms with Crippen molar-refractivity contribution in [3.05, 3.63) is 46.7 Å². The first-order valence-corrected chi connectivity index (χ1v) is 9.78. The zero-order valence-corrected chi connectivity index (χ0v) is 15.7. The van der Waals surface area contributed by atoms with Gasteiger partial charge in [0.05, 0.1) is 11.4 Å². The van der Waals surface area contributed by atoms with Gasteiger partial charge in [-0.2, -0.15) is 0 Å². The highest BCUT2D eigenvalue weighted by Crippen LogP contribution is 2.30. The minimum absolute atomic E-state index is 0.0433. The Morgan fingerprint density at radius 1 is 1.19 bits per heavy atom. The predicted octanol–water partition coefficient (Wildman–Crippen LogP) is 3.43. The molecule has 0 aliphatic carbocycles. The monoisotopic (exact) mass is 372 g/mol.